The molecule has 0 saturated carbocycles. The maximum absolute atomic E-state index is 10.9. The van der Waals surface area contributed by atoms with E-state index in [9.17, 15) is 4.79 Å². The molecule has 0 aliphatic rings. The maximum atomic E-state index is 10.9. The molecule has 0 radical (unpaired) electrons. The van der Waals surface area contributed by atoms with Gasteiger partial charge in [-0.3, -0.25) is 0 Å². The summed E-state index contributed by atoms with van der Waals surface area (Å²) in [5.74, 6) is 0.275. The topological polar surface area (TPSA) is 46.5 Å². The van der Waals surface area contributed by atoms with Crippen molar-refractivity contribution in [2.75, 3.05) is 0 Å². The van der Waals surface area contributed by atoms with Crippen molar-refractivity contribution >= 4 is 37.8 Å². The van der Waals surface area contributed by atoms with Crippen LogP contribution >= 0.6 is 31.9 Å². The van der Waals surface area contributed by atoms with Gasteiger partial charge in [0, 0.05) is 4.47 Å². The van der Waals surface area contributed by atoms with Gasteiger partial charge in [-0.05, 0) is 74.7 Å². The number of rotatable bonds is 3. The molecule has 0 atom stereocenters. The third-order valence-electron chi connectivity index (χ3n) is 2.49. The van der Waals surface area contributed by atoms with Gasteiger partial charge in [0.1, 0.15) is 11.5 Å². The number of aryl methyl sites for hydroxylation is 1. The molecule has 0 bridgehead atoms. The smallest absolute Gasteiger partial charge is 0.336 e. The Hall–Kier alpha value is -1.33. The number of hydrogen-bond donors (Lipinski definition) is 1. The van der Waals surface area contributed by atoms with Crippen molar-refractivity contribution in [3.63, 3.8) is 0 Å². The van der Waals surface area contributed by atoms with Crippen LogP contribution in [-0.2, 0) is 0 Å². The SMILES string of the molecule is Cc1ccc(Oc2ccc(C(=O)O)c(Br)c2)c(Br)c1. The molecular weight excluding hydrogens is 376 g/mol. The quantitative estimate of drug-likeness (QED) is 0.807. The summed E-state index contributed by atoms with van der Waals surface area (Å²) in [7, 11) is 0. The zero-order chi connectivity index (χ0) is 14.0. The lowest BCUT2D eigenvalue weighted by molar-refractivity contribution is 0.0696. The van der Waals surface area contributed by atoms with Gasteiger partial charge in [0.05, 0.1) is 10.0 Å². The van der Waals surface area contributed by atoms with Crippen LogP contribution in [0.1, 0.15) is 15.9 Å². The highest BCUT2D eigenvalue weighted by Gasteiger charge is 2.10. The second-order valence-corrected chi connectivity index (χ2v) is 5.69. The highest BCUT2D eigenvalue weighted by atomic mass is 79.9. The Kier molecular flexibility index (Phi) is 4.27. The summed E-state index contributed by atoms with van der Waals surface area (Å²) in [6, 6.07) is 10.5. The van der Waals surface area contributed by atoms with Crippen molar-refractivity contribution < 1.29 is 14.6 Å². The molecule has 2 aromatic carbocycles. The molecule has 0 aliphatic carbocycles. The fourth-order valence-corrected chi connectivity index (χ4v) is 2.65. The number of aromatic carboxylic acids is 1. The highest BCUT2D eigenvalue weighted by Crippen LogP contribution is 2.32. The van der Waals surface area contributed by atoms with Gasteiger partial charge in [-0.15, -0.1) is 0 Å². The molecule has 0 amide bonds. The van der Waals surface area contributed by atoms with E-state index in [1.54, 1.807) is 12.1 Å². The molecule has 1 N–H and O–H groups in total. The van der Waals surface area contributed by atoms with Gasteiger partial charge < -0.3 is 9.84 Å². The minimum absolute atomic E-state index is 0.204. The monoisotopic (exact) mass is 384 g/mol. The van der Waals surface area contributed by atoms with E-state index in [1.807, 2.05) is 25.1 Å². The van der Waals surface area contributed by atoms with Gasteiger partial charge >= 0.3 is 5.97 Å². The average Bonchev–Trinajstić information content (AvgIpc) is 2.32. The second-order valence-electron chi connectivity index (χ2n) is 3.98. The molecule has 0 fully saturated rings. The van der Waals surface area contributed by atoms with Crippen molar-refractivity contribution in [2.45, 2.75) is 6.92 Å². The summed E-state index contributed by atoms with van der Waals surface area (Å²) in [4.78, 5) is 10.9. The molecule has 0 saturated heterocycles. The van der Waals surface area contributed by atoms with E-state index in [4.69, 9.17) is 9.84 Å². The van der Waals surface area contributed by atoms with Crippen LogP contribution in [0.5, 0.6) is 11.5 Å². The zero-order valence-corrected chi connectivity index (χ0v) is 13.2. The van der Waals surface area contributed by atoms with Crippen LogP contribution < -0.4 is 4.74 Å². The lowest BCUT2D eigenvalue weighted by atomic mass is 10.2. The Labute approximate surface area is 127 Å². The van der Waals surface area contributed by atoms with Crippen molar-refractivity contribution in [2.24, 2.45) is 0 Å². The Balaban J connectivity index is 2.29. The summed E-state index contributed by atoms with van der Waals surface area (Å²) in [5, 5.41) is 8.94. The molecule has 0 unspecified atom stereocenters. The summed E-state index contributed by atoms with van der Waals surface area (Å²) in [5.41, 5.74) is 1.33. The molecule has 2 rings (SSSR count). The predicted octanol–water partition coefficient (Wildman–Crippen LogP) is 5.01. The summed E-state index contributed by atoms with van der Waals surface area (Å²) >= 11 is 6.65. The van der Waals surface area contributed by atoms with Crippen LogP contribution in [0.15, 0.2) is 45.3 Å². The Morgan fingerprint density at radius 3 is 2.42 bits per heavy atom. The van der Waals surface area contributed by atoms with Gasteiger partial charge in [0.2, 0.25) is 0 Å². The van der Waals surface area contributed by atoms with Crippen LogP contribution in [-0.4, -0.2) is 11.1 Å². The zero-order valence-electron chi connectivity index (χ0n) is 9.98. The van der Waals surface area contributed by atoms with Gasteiger partial charge in [-0.25, -0.2) is 4.79 Å². The van der Waals surface area contributed by atoms with Crippen molar-refractivity contribution in [3.05, 3.63) is 56.5 Å². The third kappa shape index (κ3) is 3.36. The summed E-state index contributed by atoms with van der Waals surface area (Å²) in [6.45, 7) is 1.99. The Bertz CT molecular complexity index is 639. The fraction of sp³-hybridized carbons (Fsp3) is 0.0714. The van der Waals surface area contributed by atoms with E-state index in [2.05, 4.69) is 31.9 Å². The first kappa shape index (κ1) is 14.1. The molecule has 98 valence electrons. The minimum Gasteiger partial charge on any atom is -0.478 e. The first-order valence-electron chi connectivity index (χ1n) is 5.44. The van der Waals surface area contributed by atoms with Crippen LogP contribution in [0.25, 0.3) is 0 Å². The highest BCUT2D eigenvalue weighted by molar-refractivity contribution is 9.10. The minimum atomic E-state index is -0.977. The van der Waals surface area contributed by atoms with E-state index in [1.165, 1.54) is 6.07 Å². The van der Waals surface area contributed by atoms with Gasteiger partial charge in [0.15, 0.2) is 0 Å². The molecule has 3 nitrogen and oxygen atoms in total. The average molecular weight is 386 g/mol. The van der Waals surface area contributed by atoms with Crippen molar-refractivity contribution in [1.29, 1.82) is 0 Å². The van der Waals surface area contributed by atoms with E-state index in [0.29, 0.717) is 16.0 Å². The lowest BCUT2D eigenvalue weighted by Gasteiger charge is -2.09. The number of ether oxygens (including phenoxy) is 1. The molecule has 5 heteroatoms. The first-order valence-corrected chi connectivity index (χ1v) is 7.03. The molecule has 0 aliphatic heterocycles. The number of benzene rings is 2. The number of hydrogen-bond acceptors (Lipinski definition) is 2. The molecule has 0 heterocycles. The number of carboxylic acids is 1. The van der Waals surface area contributed by atoms with Crippen LogP contribution in [0.2, 0.25) is 0 Å². The molecule has 0 aromatic heterocycles. The lowest BCUT2D eigenvalue weighted by Crippen LogP contribution is -1.97. The van der Waals surface area contributed by atoms with Crippen LogP contribution in [0.3, 0.4) is 0 Å². The first-order chi connectivity index (χ1) is 8.97. The van der Waals surface area contributed by atoms with E-state index in [-0.39, 0.29) is 5.56 Å². The largest absolute Gasteiger partial charge is 0.478 e. The van der Waals surface area contributed by atoms with Gasteiger partial charge in [-0.2, -0.15) is 0 Å². The standard InChI is InChI=1S/C14H10Br2O3/c1-8-2-5-13(12(16)6-8)19-9-3-4-10(14(17)18)11(15)7-9/h2-7H,1H3,(H,17,18). The van der Waals surface area contributed by atoms with E-state index in [0.717, 1.165) is 10.0 Å². The van der Waals surface area contributed by atoms with Crippen molar-refractivity contribution in [1.82, 2.24) is 0 Å². The molecule has 19 heavy (non-hydrogen) atoms. The summed E-state index contributed by atoms with van der Waals surface area (Å²) < 4.78 is 7.05. The molecule has 2 aromatic rings. The molecular formula is C14H10Br2O3. The van der Waals surface area contributed by atoms with Crippen LogP contribution in [0.4, 0.5) is 0 Å². The molecule has 0 spiro atoms. The van der Waals surface area contributed by atoms with Crippen LogP contribution in [0, 0.1) is 6.92 Å². The van der Waals surface area contributed by atoms with Gasteiger partial charge in [-0.1, -0.05) is 6.07 Å². The number of halogens is 2. The van der Waals surface area contributed by atoms with E-state index < -0.39 is 5.97 Å². The third-order valence-corrected chi connectivity index (χ3v) is 3.76. The summed E-state index contributed by atoms with van der Waals surface area (Å²) in [6.07, 6.45) is 0. The van der Waals surface area contributed by atoms with Crippen molar-refractivity contribution in [3.8, 4) is 11.5 Å². The van der Waals surface area contributed by atoms with Gasteiger partial charge in [0.25, 0.3) is 0 Å². The normalized spacial score (nSPS) is 10.3. The number of carboxylic acid groups (broad SMARTS) is 1. The Morgan fingerprint density at radius 2 is 1.84 bits per heavy atom. The fourth-order valence-electron chi connectivity index (χ4n) is 1.55. The maximum Gasteiger partial charge on any atom is 0.336 e. The van der Waals surface area contributed by atoms with E-state index >= 15 is 0 Å². The second kappa shape index (κ2) is 5.75. The number of carbonyl (C=O) groups is 1. The Morgan fingerprint density at radius 1 is 1.11 bits per heavy atom. The predicted molar refractivity (Wildman–Crippen MR) is 80.1 cm³/mol.